The molecular formula is C11H22FNO. The summed E-state index contributed by atoms with van der Waals surface area (Å²) in [5.74, 6) is 0. The molecule has 0 aromatic rings. The van der Waals surface area contributed by atoms with Crippen molar-refractivity contribution in [3.05, 3.63) is 0 Å². The first-order chi connectivity index (χ1) is 6.67. The molecule has 0 N–H and O–H groups in total. The van der Waals surface area contributed by atoms with Crippen LogP contribution in [0.2, 0.25) is 0 Å². The van der Waals surface area contributed by atoms with Crippen molar-refractivity contribution in [1.29, 1.82) is 0 Å². The maximum absolute atomic E-state index is 13.4. The molecule has 2 saturated heterocycles. The van der Waals surface area contributed by atoms with E-state index >= 15 is 0 Å². The molecule has 0 aromatic carbocycles. The minimum absolute atomic E-state index is 0.584. The highest BCUT2D eigenvalue weighted by molar-refractivity contribution is 4.87. The van der Waals surface area contributed by atoms with E-state index in [0.29, 0.717) is 18.9 Å². The fraction of sp³-hybridized carbons (Fsp3) is 1.00. The van der Waals surface area contributed by atoms with Crippen molar-refractivity contribution in [2.75, 3.05) is 26.3 Å². The van der Waals surface area contributed by atoms with Crippen LogP contribution < -0.4 is 0 Å². The first-order valence-corrected chi connectivity index (χ1v) is 5.68. The summed E-state index contributed by atoms with van der Waals surface area (Å²) >= 11 is 0. The lowest BCUT2D eigenvalue weighted by Gasteiger charge is -2.42. The summed E-state index contributed by atoms with van der Waals surface area (Å²) in [5, 5.41) is 0. The van der Waals surface area contributed by atoms with Gasteiger partial charge in [0, 0.05) is 13.1 Å². The summed E-state index contributed by atoms with van der Waals surface area (Å²) in [6.07, 6.45) is 1.37. The second-order valence-electron chi connectivity index (χ2n) is 4.14. The van der Waals surface area contributed by atoms with Crippen molar-refractivity contribution >= 4 is 0 Å². The summed E-state index contributed by atoms with van der Waals surface area (Å²) in [5.41, 5.74) is -0.916. The number of nitrogens with zero attached hydrogens (tertiary/aromatic N) is 1. The normalized spacial score (nSPS) is 27.4. The van der Waals surface area contributed by atoms with Crippen LogP contribution in [0, 0.1) is 0 Å². The molecule has 2 fully saturated rings. The lowest BCUT2D eigenvalue weighted by molar-refractivity contribution is -0.0827. The van der Waals surface area contributed by atoms with Crippen molar-refractivity contribution in [3.63, 3.8) is 0 Å². The second-order valence-corrected chi connectivity index (χ2v) is 4.14. The largest absolute Gasteiger partial charge is 0.378 e. The van der Waals surface area contributed by atoms with Crippen molar-refractivity contribution in [2.45, 2.75) is 45.3 Å². The highest BCUT2D eigenvalue weighted by Crippen LogP contribution is 2.27. The molecule has 0 amide bonds. The average molecular weight is 203 g/mol. The molecule has 0 spiro atoms. The van der Waals surface area contributed by atoms with Gasteiger partial charge in [0.2, 0.25) is 0 Å². The summed E-state index contributed by atoms with van der Waals surface area (Å²) in [6, 6.07) is 0.584. The third kappa shape index (κ3) is 2.92. The Morgan fingerprint density at radius 3 is 2.07 bits per heavy atom. The van der Waals surface area contributed by atoms with Crippen molar-refractivity contribution in [3.8, 4) is 0 Å². The highest BCUT2D eigenvalue weighted by atomic mass is 19.1. The van der Waals surface area contributed by atoms with Gasteiger partial charge in [-0.25, -0.2) is 4.39 Å². The molecule has 2 aliphatic heterocycles. The second kappa shape index (κ2) is 5.08. The molecule has 2 nitrogen and oxygen atoms in total. The van der Waals surface area contributed by atoms with Crippen LogP contribution in [0.1, 0.15) is 33.6 Å². The molecule has 0 saturated carbocycles. The number of ether oxygens (including phenoxy) is 1. The van der Waals surface area contributed by atoms with Gasteiger partial charge in [-0.1, -0.05) is 13.8 Å². The Balaban J connectivity index is 0.000000461. The Morgan fingerprint density at radius 1 is 1.21 bits per heavy atom. The van der Waals surface area contributed by atoms with Crippen molar-refractivity contribution in [2.24, 2.45) is 0 Å². The summed E-state index contributed by atoms with van der Waals surface area (Å²) < 4.78 is 18.5. The molecule has 0 atom stereocenters. The molecule has 0 bridgehead atoms. The predicted molar refractivity (Wildman–Crippen MR) is 56.3 cm³/mol. The Morgan fingerprint density at radius 2 is 1.71 bits per heavy atom. The molecular weight excluding hydrogens is 181 g/mol. The van der Waals surface area contributed by atoms with Crippen LogP contribution >= 0.6 is 0 Å². The van der Waals surface area contributed by atoms with Gasteiger partial charge in [0.1, 0.15) is 5.67 Å². The quantitative estimate of drug-likeness (QED) is 0.648. The first-order valence-electron chi connectivity index (χ1n) is 5.68. The van der Waals surface area contributed by atoms with Gasteiger partial charge in [-0.3, -0.25) is 4.90 Å². The molecule has 0 aliphatic carbocycles. The van der Waals surface area contributed by atoms with Gasteiger partial charge in [-0.2, -0.15) is 0 Å². The number of halogens is 1. The van der Waals surface area contributed by atoms with Crippen LogP contribution in [0.15, 0.2) is 0 Å². The zero-order chi connectivity index (χ0) is 10.6. The number of alkyl halides is 1. The SMILES string of the molecule is CC.CC1(F)CCN(C2COC2)CC1. The number of piperidine rings is 1. The number of hydrogen-bond acceptors (Lipinski definition) is 2. The fourth-order valence-corrected chi connectivity index (χ4v) is 1.79. The third-order valence-corrected chi connectivity index (χ3v) is 2.98. The Kier molecular flexibility index (Phi) is 4.32. The lowest BCUT2D eigenvalue weighted by atomic mass is 9.94. The zero-order valence-electron chi connectivity index (χ0n) is 9.55. The number of likely N-dealkylation sites (tertiary alicyclic amines) is 1. The van der Waals surface area contributed by atoms with Gasteiger partial charge in [0.05, 0.1) is 19.3 Å². The van der Waals surface area contributed by atoms with Gasteiger partial charge in [-0.05, 0) is 19.8 Å². The van der Waals surface area contributed by atoms with E-state index < -0.39 is 5.67 Å². The van der Waals surface area contributed by atoms with Crippen LogP contribution in [0.5, 0.6) is 0 Å². The molecule has 3 heteroatoms. The first kappa shape index (κ1) is 11.9. The lowest BCUT2D eigenvalue weighted by Crippen LogP contribution is -2.53. The topological polar surface area (TPSA) is 12.5 Å². The summed E-state index contributed by atoms with van der Waals surface area (Å²) in [6.45, 7) is 9.22. The molecule has 0 radical (unpaired) electrons. The Hall–Kier alpha value is -0.150. The number of hydrogen-bond donors (Lipinski definition) is 0. The summed E-state index contributed by atoms with van der Waals surface area (Å²) in [7, 11) is 0. The van der Waals surface area contributed by atoms with Gasteiger partial charge in [0.15, 0.2) is 0 Å². The van der Waals surface area contributed by atoms with Gasteiger partial charge < -0.3 is 4.74 Å². The molecule has 14 heavy (non-hydrogen) atoms. The van der Waals surface area contributed by atoms with Crippen LogP contribution in [-0.4, -0.2) is 42.9 Å². The summed E-state index contributed by atoms with van der Waals surface area (Å²) in [4.78, 5) is 2.35. The highest BCUT2D eigenvalue weighted by Gasteiger charge is 2.34. The minimum atomic E-state index is -0.916. The Labute approximate surface area is 86.4 Å². The molecule has 2 aliphatic rings. The van der Waals surface area contributed by atoms with Crippen LogP contribution in [-0.2, 0) is 4.74 Å². The van der Waals surface area contributed by atoms with Crippen molar-refractivity contribution < 1.29 is 9.13 Å². The predicted octanol–water partition coefficient (Wildman–Crippen LogP) is 2.24. The Bertz CT molecular complexity index is 159. The van der Waals surface area contributed by atoms with Crippen molar-refractivity contribution in [1.82, 2.24) is 4.90 Å². The third-order valence-electron chi connectivity index (χ3n) is 2.98. The minimum Gasteiger partial charge on any atom is -0.378 e. The van der Waals surface area contributed by atoms with E-state index in [4.69, 9.17) is 4.74 Å². The smallest absolute Gasteiger partial charge is 0.110 e. The van der Waals surface area contributed by atoms with E-state index in [1.165, 1.54) is 0 Å². The van der Waals surface area contributed by atoms with Crippen LogP contribution in [0.4, 0.5) is 4.39 Å². The van der Waals surface area contributed by atoms with E-state index in [1.54, 1.807) is 6.92 Å². The molecule has 84 valence electrons. The van der Waals surface area contributed by atoms with E-state index in [1.807, 2.05) is 13.8 Å². The number of rotatable bonds is 1. The average Bonchev–Trinajstić information content (AvgIpc) is 2.09. The standard InChI is InChI=1S/C9H16FNO.C2H6/c1-9(10)2-4-11(5-3-9)8-6-12-7-8;1-2/h8H,2-7H2,1H3;1-2H3. The van der Waals surface area contributed by atoms with E-state index in [0.717, 1.165) is 26.3 Å². The molecule has 0 aromatic heterocycles. The molecule has 2 rings (SSSR count). The van der Waals surface area contributed by atoms with E-state index in [9.17, 15) is 4.39 Å². The van der Waals surface area contributed by atoms with Gasteiger partial charge in [0.25, 0.3) is 0 Å². The van der Waals surface area contributed by atoms with E-state index in [-0.39, 0.29) is 0 Å². The van der Waals surface area contributed by atoms with Gasteiger partial charge in [-0.15, -0.1) is 0 Å². The monoisotopic (exact) mass is 203 g/mol. The molecule has 2 heterocycles. The zero-order valence-corrected chi connectivity index (χ0v) is 9.55. The maximum atomic E-state index is 13.4. The van der Waals surface area contributed by atoms with Crippen LogP contribution in [0.25, 0.3) is 0 Å². The fourth-order valence-electron chi connectivity index (χ4n) is 1.79. The van der Waals surface area contributed by atoms with Crippen LogP contribution in [0.3, 0.4) is 0 Å². The van der Waals surface area contributed by atoms with E-state index in [2.05, 4.69) is 4.90 Å². The maximum Gasteiger partial charge on any atom is 0.110 e. The van der Waals surface area contributed by atoms with Gasteiger partial charge >= 0.3 is 0 Å². The molecule has 0 unspecified atom stereocenters.